The number of benzene rings is 2. The molecular formula is C23H26ClN3OS. The summed E-state index contributed by atoms with van der Waals surface area (Å²) in [5, 5.41) is 3.81. The average Bonchev–Trinajstić information content (AvgIpc) is 2.73. The number of nitrogens with one attached hydrogen (secondary N) is 1. The summed E-state index contributed by atoms with van der Waals surface area (Å²) in [6.07, 6.45) is 2.31. The second-order valence-corrected chi connectivity index (χ2v) is 8.33. The molecule has 0 saturated heterocycles. The Morgan fingerprint density at radius 1 is 1.00 bits per heavy atom. The Hall–Kier alpha value is -2.24. The Balaban J connectivity index is 1.59. The molecule has 0 spiro atoms. The zero-order valence-corrected chi connectivity index (χ0v) is 18.8. The van der Waals surface area contributed by atoms with Crippen molar-refractivity contribution in [1.82, 2.24) is 9.97 Å². The van der Waals surface area contributed by atoms with Gasteiger partial charge >= 0.3 is 0 Å². The van der Waals surface area contributed by atoms with Gasteiger partial charge in [-0.3, -0.25) is 0 Å². The van der Waals surface area contributed by atoms with Crippen LogP contribution in [0, 0.1) is 20.8 Å². The number of halogens is 1. The molecule has 3 aromatic rings. The number of aromatic nitrogens is 2. The normalized spacial score (nSPS) is 10.8. The van der Waals surface area contributed by atoms with E-state index in [1.54, 1.807) is 11.8 Å². The Kier molecular flexibility index (Phi) is 7.40. The summed E-state index contributed by atoms with van der Waals surface area (Å²) in [7, 11) is 0. The van der Waals surface area contributed by atoms with Gasteiger partial charge in [0.15, 0.2) is 0 Å². The maximum absolute atomic E-state index is 6.31. The largest absolute Gasteiger partial charge is 0.491 e. The van der Waals surface area contributed by atoms with Crippen molar-refractivity contribution < 1.29 is 4.74 Å². The van der Waals surface area contributed by atoms with Gasteiger partial charge in [0, 0.05) is 9.79 Å². The number of rotatable bonds is 8. The first kappa shape index (κ1) is 21.5. The van der Waals surface area contributed by atoms with Crippen molar-refractivity contribution >= 4 is 29.2 Å². The Morgan fingerprint density at radius 3 is 2.48 bits per heavy atom. The third-order valence-electron chi connectivity index (χ3n) is 4.79. The summed E-state index contributed by atoms with van der Waals surface area (Å²) >= 11 is 8.09. The van der Waals surface area contributed by atoms with Gasteiger partial charge in [-0.1, -0.05) is 48.0 Å². The highest BCUT2D eigenvalue weighted by Gasteiger charge is 2.10. The summed E-state index contributed by atoms with van der Waals surface area (Å²) in [6.45, 7) is 9.50. The van der Waals surface area contributed by atoms with Crippen molar-refractivity contribution in [1.29, 1.82) is 0 Å². The third kappa shape index (κ3) is 5.43. The summed E-state index contributed by atoms with van der Waals surface area (Å²) in [4.78, 5) is 10.9. The fraction of sp³-hybridized carbons (Fsp3) is 0.304. The highest BCUT2D eigenvalue weighted by Crippen LogP contribution is 2.35. The lowest BCUT2D eigenvalue weighted by Gasteiger charge is -2.15. The van der Waals surface area contributed by atoms with Gasteiger partial charge in [-0.25, -0.2) is 9.97 Å². The zero-order chi connectivity index (χ0) is 20.8. The summed E-state index contributed by atoms with van der Waals surface area (Å²) in [6, 6.07) is 12.8. The molecule has 1 heterocycles. The van der Waals surface area contributed by atoms with Crippen molar-refractivity contribution in [3.8, 4) is 5.75 Å². The lowest BCUT2D eigenvalue weighted by atomic mass is 10.1. The van der Waals surface area contributed by atoms with Gasteiger partial charge in [0.1, 0.15) is 29.5 Å². The van der Waals surface area contributed by atoms with Gasteiger partial charge in [-0.05, 0) is 62.6 Å². The Labute approximate surface area is 182 Å². The minimum Gasteiger partial charge on any atom is -0.491 e. The summed E-state index contributed by atoms with van der Waals surface area (Å²) in [5.41, 5.74) is 4.52. The molecule has 0 fully saturated rings. The van der Waals surface area contributed by atoms with Crippen LogP contribution in [0.1, 0.15) is 29.3 Å². The predicted octanol–water partition coefficient (Wildman–Crippen LogP) is 6.26. The van der Waals surface area contributed by atoms with E-state index < -0.39 is 0 Å². The molecular weight excluding hydrogens is 402 g/mol. The van der Waals surface area contributed by atoms with Crippen LogP contribution in [-0.4, -0.2) is 23.1 Å². The van der Waals surface area contributed by atoms with E-state index in [1.807, 2.05) is 13.0 Å². The van der Waals surface area contributed by atoms with E-state index in [4.69, 9.17) is 16.3 Å². The maximum atomic E-state index is 6.31. The first-order valence-corrected chi connectivity index (χ1v) is 10.9. The quantitative estimate of drug-likeness (QED) is 0.430. The smallest absolute Gasteiger partial charge is 0.148 e. The molecule has 152 valence electrons. The molecule has 0 aliphatic carbocycles. The topological polar surface area (TPSA) is 47.0 Å². The lowest BCUT2D eigenvalue weighted by Crippen LogP contribution is -2.14. The van der Waals surface area contributed by atoms with Gasteiger partial charge in [-0.2, -0.15) is 0 Å². The maximum Gasteiger partial charge on any atom is 0.148 e. The van der Waals surface area contributed by atoms with Crippen molar-refractivity contribution in [2.45, 2.75) is 43.9 Å². The SMILES string of the molecule is CCc1ncnc(NCCOc2ccc(Sc3ccc(C)cc3)c(C)c2C)c1Cl. The van der Waals surface area contributed by atoms with Crippen LogP contribution >= 0.6 is 23.4 Å². The van der Waals surface area contributed by atoms with E-state index in [0.717, 1.165) is 23.4 Å². The van der Waals surface area contributed by atoms with Crippen LogP contribution in [0.4, 0.5) is 5.82 Å². The molecule has 1 aromatic heterocycles. The van der Waals surface area contributed by atoms with Crippen molar-refractivity contribution in [3.05, 3.63) is 70.1 Å². The van der Waals surface area contributed by atoms with Crippen LogP contribution in [0.3, 0.4) is 0 Å². The molecule has 0 amide bonds. The minimum atomic E-state index is 0.520. The molecule has 2 aromatic carbocycles. The minimum absolute atomic E-state index is 0.520. The second kappa shape index (κ2) is 9.99. The zero-order valence-electron chi connectivity index (χ0n) is 17.3. The lowest BCUT2D eigenvalue weighted by molar-refractivity contribution is 0.330. The Bertz CT molecular complexity index is 977. The molecule has 1 N–H and O–H groups in total. The molecule has 0 aliphatic heterocycles. The van der Waals surface area contributed by atoms with Crippen LogP contribution in [-0.2, 0) is 6.42 Å². The van der Waals surface area contributed by atoms with Gasteiger partial charge in [0.2, 0.25) is 0 Å². The highest BCUT2D eigenvalue weighted by atomic mass is 35.5. The van der Waals surface area contributed by atoms with Crippen molar-refractivity contribution in [2.24, 2.45) is 0 Å². The standard InChI is InChI=1S/C23H26ClN3OS/c1-5-19-22(24)23(27-14-26-19)25-12-13-28-20-10-11-21(17(4)16(20)3)29-18-8-6-15(2)7-9-18/h6-11,14H,5,12-13H2,1-4H3,(H,25,26,27). The molecule has 29 heavy (non-hydrogen) atoms. The first-order chi connectivity index (χ1) is 14.0. The molecule has 0 unspecified atom stereocenters. The summed E-state index contributed by atoms with van der Waals surface area (Å²) in [5.74, 6) is 1.56. The number of hydrogen-bond donors (Lipinski definition) is 1. The van der Waals surface area contributed by atoms with Crippen molar-refractivity contribution in [3.63, 3.8) is 0 Å². The molecule has 0 saturated carbocycles. The first-order valence-electron chi connectivity index (χ1n) is 9.70. The van der Waals surface area contributed by atoms with Crippen LogP contribution in [0.2, 0.25) is 5.02 Å². The number of nitrogens with zero attached hydrogens (tertiary/aromatic N) is 2. The molecule has 0 radical (unpaired) electrons. The van der Waals surface area contributed by atoms with Crippen LogP contribution < -0.4 is 10.1 Å². The third-order valence-corrected chi connectivity index (χ3v) is 6.35. The molecule has 0 bridgehead atoms. The van der Waals surface area contributed by atoms with E-state index in [2.05, 4.69) is 66.4 Å². The van der Waals surface area contributed by atoms with E-state index in [-0.39, 0.29) is 0 Å². The second-order valence-electron chi connectivity index (χ2n) is 6.84. The number of anilines is 1. The van der Waals surface area contributed by atoms with Crippen LogP contribution in [0.5, 0.6) is 5.75 Å². The number of ether oxygens (including phenoxy) is 1. The van der Waals surface area contributed by atoms with Crippen LogP contribution in [0.25, 0.3) is 0 Å². The predicted molar refractivity (Wildman–Crippen MR) is 122 cm³/mol. The van der Waals surface area contributed by atoms with Gasteiger partial charge in [0.25, 0.3) is 0 Å². The monoisotopic (exact) mass is 427 g/mol. The average molecular weight is 428 g/mol. The van der Waals surface area contributed by atoms with Crippen molar-refractivity contribution in [2.75, 3.05) is 18.5 Å². The van der Waals surface area contributed by atoms with E-state index in [1.165, 1.54) is 27.2 Å². The van der Waals surface area contributed by atoms with E-state index >= 15 is 0 Å². The van der Waals surface area contributed by atoms with Gasteiger partial charge in [-0.15, -0.1) is 0 Å². The Morgan fingerprint density at radius 2 is 1.76 bits per heavy atom. The highest BCUT2D eigenvalue weighted by molar-refractivity contribution is 7.99. The molecule has 4 nitrogen and oxygen atoms in total. The molecule has 3 rings (SSSR count). The van der Waals surface area contributed by atoms with Gasteiger partial charge in [0.05, 0.1) is 12.2 Å². The van der Waals surface area contributed by atoms with E-state index in [9.17, 15) is 0 Å². The van der Waals surface area contributed by atoms with E-state index in [0.29, 0.717) is 24.0 Å². The number of hydrogen-bond acceptors (Lipinski definition) is 5. The fourth-order valence-electron chi connectivity index (χ4n) is 2.88. The molecule has 0 atom stereocenters. The number of aryl methyl sites for hydroxylation is 2. The fourth-order valence-corrected chi connectivity index (χ4v) is 4.14. The molecule has 0 aliphatic rings. The summed E-state index contributed by atoms with van der Waals surface area (Å²) < 4.78 is 6.00. The van der Waals surface area contributed by atoms with Crippen LogP contribution in [0.15, 0.2) is 52.5 Å². The van der Waals surface area contributed by atoms with Gasteiger partial charge < -0.3 is 10.1 Å². The molecule has 6 heteroatoms.